The molecule has 0 unspecified atom stereocenters. The van der Waals surface area contributed by atoms with Crippen LogP contribution >= 0.6 is 0 Å². The lowest BCUT2D eigenvalue weighted by atomic mass is 10.0. The summed E-state index contributed by atoms with van der Waals surface area (Å²) in [7, 11) is 0. The van der Waals surface area contributed by atoms with Crippen LogP contribution in [0.4, 0.5) is 15.3 Å². The average molecular weight is 373 g/mol. The second-order valence-electron chi connectivity index (χ2n) is 5.85. The minimum Gasteiger partial charge on any atom is -0.448 e. The average Bonchev–Trinajstić information content (AvgIpc) is 3.17. The minimum absolute atomic E-state index is 0.00836. The third-order valence-electron chi connectivity index (χ3n) is 4.26. The molecule has 1 saturated heterocycles. The minimum atomic E-state index is -0.642. The van der Waals surface area contributed by atoms with Gasteiger partial charge in [-0.15, -0.1) is 0 Å². The van der Waals surface area contributed by atoms with Crippen LogP contribution in [0.5, 0.6) is 0 Å². The number of non-ortho nitro benzene ring substituents is 1. The van der Waals surface area contributed by atoms with Crippen LogP contribution < -0.4 is 0 Å². The number of fused-ring (bicyclic) bond motifs is 2. The van der Waals surface area contributed by atoms with Crippen molar-refractivity contribution in [2.45, 2.75) is 25.9 Å². The molecule has 0 spiro atoms. The van der Waals surface area contributed by atoms with E-state index in [1.54, 1.807) is 26.0 Å². The van der Waals surface area contributed by atoms with Crippen molar-refractivity contribution in [1.29, 1.82) is 0 Å². The highest BCUT2D eigenvalue weighted by Crippen LogP contribution is 2.39. The van der Waals surface area contributed by atoms with E-state index in [2.05, 4.69) is 0 Å². The molecule has 3 rings (SSSR count). The lowest BCUT2D eigenvalue weighted by Gasteiger charge is -2.32. The molecule has 0 aromatic heterocycles. The van der Waals surface area contributed by atoms with Gasteiger partial charge >= 0.3 is 12.2 Å². The van der Waals surface area contributed by atoms with E-state index in [1.165, 1.54) is 22.2 Å². The van der Waals surface area contributed by atoms with E-state index < -0.39 is 29.2 Å². The molecule has 0 radical (unpaired) electrons. The van der Waals surface area contributed by atoms with Crippen LogP contribution in [0, 0.1) is 10.1 Å². The SMILES string of the molecule is CCOC(=O)N1[C@@H]2C=C[C@@H](C2=Cc2ccc([N+](=O)[O-])cc2)N1C(=O)OCC. The maximum absolute atomic E-state index is 12.4. The normalized spacial score (nSPS) is 21.6. The van der Waals surface area contributed by atoms with Crippen LogP contribution in [0.15, 0.2) is 42.0 Å². The van der Waals surface area contributed by atoms with E-state index >= 15 is 0 Å². The zero-order valence-electron chi connectivity index (χ0n) is 14.9. The molecular formula is C18H19N3O6. The van der Waals surface area contributed by atoms with E-state index in [9.17, 15) is 19.7 Å². The molecule has 27 heavy (non-hydrogen) atoms. The molecule has 9 nitrogen and oxygen atoms in total. The highest BCUT2D eigenvalue weighted by Gasteiger charge is 2.51. The van der Waals surface area contributed by atoms with Gasteiger partial charge in [0.25, 0.3) is 5.69 Å². The quantitative estimate of drug-likeness (QED) is 0.456. The largest absolute Gasteiger partial charge is 0.448 e. The Morgan fingerprint density at radius 2 is 1.52 bits per heavy atom. The van der Waals surface area contributed by atoms with E-state index in [0.717, 1.165) is 11.1 Å². The molecule has 2 bridgehead atoms. The van der Waals surface area contributed by atoms with Gasteiger partial charge < -0.3 is 9.47 Å². The Morgan fingerprint density at radius 1 is 1.04 bits per heavy atom. The summed E-state index contributed by atoms with van der Waals surface area (Å²) in [4.78, 5) is 35.1. The number of hydrogen-bond donors (Lipinski definition) is 0. The number of amides is 2. The summed E-state index contributed by atoms with van der Waals surface area (Å²) in [6.45, 7) is 3.72. The van der Waals surface area contributed by atoms with Crippen molar-refractivity contribution in [2.24, 2.45) is 0 Å². The molecule has 9 heteroatoms. The second-order valence-corrected chi connectivity index (χ2v) is 5.85. The number of carbonyl (C=O) groups is 2. The maximum atomic E-state index is 12.4. The molecule has 0 saturated carbocycles. The van der Waals surface area contributed by atoms with Gasteiger partial charge in [0, 0.05) is 12.1 Å². The number of hydrogen-bond acceptors (Lipinski definition) is 6. The molecule has 1 aromatic rings. The number of carbonyl (C=O) groups excluding carboxylic acids is 2. The van der Waals surface area contributed by atoms with Crippen LogP contribution in [0.2, 0.25) is 0 Å². The van der Waals surface area contributed by atoms with Gasteiger partial charge in [-0.1, -0.05) is 18.2 Å². The van der Waals surface area contributed by atoms with Gasteiger partial charge in [0.1, 0.15) is 0 Å². The third-order valence-corrected chi connectivity index (χ3v) is 4.26. The van der Waals surface area contributed by atoms with Crippen molar-refractivity contribution in [3.63, 3.8) is 0 Å². The lowest BCUT2D eigenvalue weighted by Crippen LogP contribution is -2.52. The Bertz CT molecular complexity index is 781. The van der Waals surface area contributed by atoms with E-state index in [0.29, 0.717) is 0 Å². The zero-order chi connectivity index (χ0) is 19.6. The Morgan fingerprint density at radius 3 is 1.93 bits per heavy atom. The number of benzene rings is 1. The standard InChI is InChI=1S/C18H19N3O6/c1-3-26-17(22)19-15-9-10-16(20(19)18(23)27-4-2)14(15)11-12-5-7-13(8-6-12)21(24)25/h5-11,15-16H,3-4H2,1-2H3/t15-,16+. The first-order chi connectivity index (χ1) is 13.0. The predicted molar refractivity (Wildman–Crippen MR) is 95.5 cm³/mol. The molecule has 1 aliphatic carbocycles. The summed E-state index contributed by atoms with van der Waals surface area (Å²) in [5, 5.41) is 13.3. The summed E-state index contributed by atoms with van der Waals surface area (Å²) in [6.07, 6.45) is 4.15. The Balaban J connectivity index is 1.94. The van der Waals surface area contributed by atoms with Crippen LogP contribution in [0.25, 0.3) is 6.08 Å². The molecule has 2 atom stereocenters. The number of hydrazine groups is 1. The Hall–Kier alpha value is -3.36. The van der Waals surface area contributed by atoms with E-state index in [4.69, 9.17) is 9.47 Å². The van der Waals surface area contributed by atoms with Gasteiger partial charge in [-0.3, -0.25) is 10.1 Å². The number of nitro groups is 1. The lowest BCUT2D eigenvalue weighted by molar-refractivity contribution is -0.384. The number of nitro benzene ring substituents is 1. The zero-order valence-corrected chi connectivity index (χ0v) is 14.9. The fourth-order valence-corrected chi connectivity index (χ4v) is 3.16. The number of rotatable bonds is 4. The van der Waals surface area contributed by atoms with Crippen molar-refractivity contribution >= 4 is 23.9 Å². The van der Waals surface area contributed by atoms with Gasteiger partial charge in [0.05, 0.1) is 30.2 Å². The molecule has 2 aliphatic rings. The third kappa shape index (κ3) is 3.35. The predicted octanol–water partition coefficient (Wildman–Crippen LogP) is 3.13. The summed E-state index contributed by atoms with van der Waals surface area (Å²) < 4.78 is 10.2. The molecule has 1 heterocycles. The van der Waals surface area contributed by atoms with Crippen LogP contribution in [-0.2, 0) is 9.47 Å². The molecule has 0 N–H and O–H groups in total. The van der Waals surface area contributed by atoms with Crippen LogP contribution in [0.1, 0.15) is 19.4 Å². The summed E-state index contributed by atoms with van der Waals surface area (Å²) in [5.41, 5.74) is 1.50. The Kier molecular flexibility index (Phi) is 5.11. The van der Waals surface area contributed by atoms with Gasteiger partial charge in [-0.05, 0) is 37.1 Å². The van der Waals surface area contributed by atoms with Gasteiger partial charge in [0.2, 0.25) is 0 Å². The fraction of sp³-hybridized carbons (Fsp3) is 0.333. The van der Waals surface area contributed by atoms with Crippen molar-refractivity contribution in [3.05, 3.63) is 57.7 Å². The number of nitrogens with zero attached hydrogens (tertiary/aromatic N) is 3. The summed E-state index contributed by atoms with van der Waals surface area (Å²) in [5.74, 6) is 0. The first-order valence-corrected chi connectivity index (χ1v) is 8.54. The molecule has 1 aliphatic heterocycles. The van der Waals surface area contributed by atoms with Crippen molar-refractivity contribution in [3.8, 4) is 0 Å². The molecular weight excluding hydrogens is 354 g/mol. The molecule has 142 valence electrons. The van der Waals surface area contributed by atoms with Crippen LogP contribution in [0.3, 0.4) is 0 Å². The first-order valence-electron chi connectivity index (χ1n) is 8.54. The highest BCUT2D eigenvalue weighted by molar-refractivity contribution is 5.80. The molecule has 2 amide bonds. The van der Waals surface area contributed by atoms with Crippen molar-refractivity contribution in [2.75, 3.05) is 13.2 Å². The summed E-state index contributed by atoms with van der Waals surface area (Å²) in [6, 6.07) is 5.09. The maximum Gasteiger partial charge on any atom is 0.429 e. The summed E-state index contributed by atoms with van der Waals surface area (Å²) >= 11 is 0. The van der Waals surface area contributed by atoms with Crippen molar-refractivity contribution < 1.29 is 24.0 Å². The topological polar surface area (TPSA) is 102 Å². The van der Waals surface area contributed by atoms with Crippen LogP contribution in [-0.4, -0.2) is 52.4 Å². The Labute approximate surface area is 155 Å². The number of ether oxygens (including phenoxy) is 2. The van der Waals surface area contributed by atoms with Gasteiger partial charge in [-0.25, -0.2) is 19.6 Å². The monoisotopic (exact) mass is 373 g/mol. The van der Waals surface area contributed by atoms with Gasteiger partial charge in [0.15, 0.2) is 0 Å². The van der Waals surface area contributed by atoms with Crippen molar-refractivity contribution in [1.82, 2.24) is 10.0 Å². The fourth-order valence-electron chi connectivity index (χ4n) is 3.16. The van der Waals surface area contributed by atoms with E-state index in [1.807, 2.05) is 18.2 Å². The molecule has 1 fully saturated rings. The molecule has 1 aromatic carbocycles. The smallest absolute Gasteiger partial charge is 0.429 e. The first kappa shape index (κ1) is 18.4. The second kappa shape index (κ2) is 7.48. The van der Waals surface area contributed by atoms with Gasteiger partial charge in [-0.2, -0.15) is 0 Å². The highest BCUT2D eigenvalue weighted by atomic mass is 16.6. The van der Waals surface area contributed by atoms with E-state index in [-0.39, 0.29) is 18.9 Å².